The molecular weight excluding hydrogens is 186 g/mol. The molecule has 2 N–H and O–H groups in total. The van der Waals surface area contributed by atoms with Crippen LogP contribution in [0.3, 0.4) is 0 Å². The van der Waals surface area contributed by atoms with Crippen molar-refractivity contribution in [1.82, 2.24) is 0 Å². The average Bonchev–Trinajstić information content (AvgIpc) is 2.70. The van der Waals surface area contributed by atoms with Crippen LogP contribution in [0.1, 0.15) is 25.7 Å². The Bertz CT molecular complexity index is 308. The van der Waals surface area contributed by atoms with Crippen LogP contribution in [0.2, 0.25) is 0 Å². The Labute approximate surface area is 90.9 Å². The Hall–Kier alpha value is -0.500. The van der Waals surface area contributed by atoms with Crippen LogP contribution in [0.25, 0.3) is 0 Å². The lowest BCUT2D eigenvalue weighted by atomic mass is 9.97. The van der Waals surface area contributed by atoms with Crippen molar-refractivity contribution in [3.63, 3.8) is 0 Å². The van der Waals surface area contributed by atoms with E-state index in [-0.39, 0.29) is 6.04 Å². The van der Waals surface area contributed by atoms with Gasteiger partial charge in [-0.3, -0.25) is 0 Å². The van der Waals surface area contributed by atoms with Crippen LogP contribution >= 0.6 is 0 Å². The van der Waals surface area contributed by atoms with Crippen molar-refractivity contribution in [3.8, 4) is 0 Å². The van der Waals surface area contributed by atoms with Gasteiger partial charge in [0.05, 0.1) is 12.6 Å². The fraction of sp³-hybridized carbons (Fsp3) is 0.846. The van der Waals surface area contributed by atoms with E-state index in [1.807, 2.05) is 0 Å². The minimum absolute atomic E-state index is 0.228. The maximum atomic E-state index is 6.33. The van der Waals surface area contributed by atoms with E-state index in [4.69, 9.17) is 10.5 Å². The molecule has 4 rings (SSSR count). The topological polar surface area (TPSA) is 35.2 Å². The van der Waals surface area contributed by atoms with E-state index in [1.165, 1.54) is 19.3 Å². The lowest BCUT2D eigenvalue weighted by molar-refractivity contribution is 0.212. The molecule has 1 aliphatic heterocycles. The fourth-order valence-corrected chi connectivity index (χ4v) is 4.73. The molecule has 2 heteroatoms. The highest BCUT2D eigenvalue weighted by atomic mass is 16.5. The number of nitrogens with two attached hydrogens (primary N) is 1. The van der Waals surface area contributed by atoms with E-state index in [2.05, 4.69) is 6.08 Å². The molecule has 0 radical (unpaired) electrons. The second-order valence-corrected chi connectivity index (χ2v) is 5.83. The van der Waals surface area contributed by atoms with Gasteiger partial charge in [0.15, 0.2) is 0 Å². The molecule has 0 aromatic carbocycles. The van der Waals surface area contributed by atoms with Gasteiger partial charge >= 0.3 is 0 Å². The summed E-state index contributed by atoms with van der Waals surface area (Å²) in [7, 11) is 0. The minimum Gasteiger partial charge on any atom is -0.496 e. The zero-order valence-electron chi connectivity index (χ0n) is 9.06. The molecule has 82 valence electrons. The number of rotatable bonds is 2. The summed E-state index contributed by atoms with van der Waals surface area (Å²) in [6.45, 7) is 0.859. The van der Waals surface area contributed by atoms with Crippen molar-refractivity contribution in [1.29, 1.82) is 0 Å². The molecule has 2 nitrogen and oxygen atoms in total. The molecule has 0 aromatic rings. The Morgan fingerprint density at radius 2 is 2.00 bits per heavy atom. The second kappa shape index (κ2) is 2.79. The molecule has 1 heterocycles. The van der Waals surface area contributed by atoms with Gasteiger partial charge in [0, 0.05) is 6.42 Å². The Morgan fingerprint density at radius 1 is 1.27 bits per heavy atom. The lowest BCUT2D eigenvalue weighted by Crippen LogP contribution is -2.28. The fourth-order valence-electron chi connectivity index (χ4n) is 4.73. The van der Waals surface area contributed by atoms with Crippen LogP contribution in [0.15, 0.2) is 11.8 Å². The van der Waals surface area contributed by atoms with Crippen molar-refractivity contribution >= 4 is 0 Å². The maximum absolute atomic E-state index is 6.33. The molecule has 5 atom stereocenters. The van der Waals surface area contributed by atoms with Gasteiger partial charge in [0.1, 0.15) is 5.76 Å². The monoisotopic (exact) mass is 205 g/mol. The first-order valence-corrected chi connectivity index (χ1v) is 6.44. The quantitative estimate of drug-likeness (QED) is 0.747. The number of hydrogen-bond donors (Lipinski definition) is 1. The Balaban J connectivity index is 1.52. The smallest absolute Gasteiger partial charge is 0.109 e. The zero-order chi connectivity index (χ0) is 9.99. The predicted molar refractivity (Wildman–Crippen MR) is 57.9 cm³/mol. The van der Waals surface area contributed by atoms with E-state index >= 15 is 0 Å². The molecule has 3 aliphatic carbocycles. The summed E-state index contributed by atoms with van der Waals surface area (Å²) in [6, 6.07) is 0.228. The maximum Gasteiger partial charge on any atom is 0.109 e. The third-order valence-electron chi connectivity index (χ3n) is 5.27. The highest BCUT2D eigenvalue weighted by Crippen LogP contribution is 2.70. The summed E-state index contributed by atoms with van der Waals surface area (Å²) in [4.78, 5) is 0. The summed E-state index contributed by atoms with van der Waals surface area (Å²) in [5.74, 6) is 5.89. The first kappa shape index (κ1) is 8.63. The molecule has 3 saturated carbocycles. The van der Waals surface area contributed by atoms with Gasteiger partial charge in [-0.1, -0.05) is 0 Å². The van der Waals surface area contributed by atoms with Gasteiger partial charge in [-0.05, 0) is 54.9 Å². The summed E-state index contributed by atoms with van der Waals surface area (Å²) in [6.07, 6.45) is 7.75. The second-order valence-electron chi connectivity index (χ2n) is 5.83. The van der Waals surface area contributed by atoms with Crippen LogP contribution in [0.5, 0.6) is 0 Å². The molecule has 3 fully saturated rings. The Kier molecular flexibility index (Phi) is 1.60. The molecule has 0 saturated heterocycles. The van der Waals surface area contributed by atoms with Crippen LogP contribution < -0.4 is 5.73 Å². The molecule has 2 bridgehead atoms. The third kappa shape index (κ3) is 1.04. The zero-order valence-corrected chi connectivity index (χ0v) is 9.06. The SMILES string of the molecule is NC(C1=CCCO1)C1C2C3CCC(C3)C21. The molecule has 0 spiro atoms. The largest absolute Gasteiger partial charge is 0.496 e. The van der Waals surface area contributed by atoms with E-state index < -0.39 is 0 Å². The highest BCUT2D eigenvalue weighted by molar-refractivity contribution is 5.21. The van der Waals surface area contributed by atoms with E-state index in [1.54, 1.807) is 0 Å². The number of fused-ring (bicyclic) bond motifs is 5. The lowest BCUT2D eigenvalue weighted by Gasteiger charge is -2.17. The highest BCUT2D eigenvalue weighted by Gasteiger charge is 2.66. The van der Waals surface area contributed by atoms with Crippen molar-refractivity contribution in [3.05, 3.63) is 11.8 Å². The van der Waals surface area contributed by atoms with Crippen LogP contribution in [-0.2, 0) is 4.74 Å². The molecule has 0 amide bonds. The third-order valence-corrected chi connectivity index (χ3v) is 5.27. The van der Waals surface area contributed by atoms with E-state index in [0.717, 1.165) is 48.4 Å². The van der Waals surface area contributed by atoms with Crippen LogP contribution in [0, 0.1) is 29.6 Å². The summed E-state index contributed by atoms with van der Waals surface area (Å²) >= 11 is 0. The predicted octanol–water partition coefficient (Wildman–Crippen LogP) is 1.91. The first-order chi connectivity index (χ1) is 7.36. The van der Waals surface area contributed by atoms with E-state index in [9.17, 15) is 0 Å². The Morgan fingerprint density at radius 3 is 2.60 bits per heavy atom. The molecule has 4 aliphatic rings. The van der Waals surface area contributed by atoms with E-state index in [0.29, 0.717) is 0 Å². The molecule has 15 heavy (non-hydrogen) atoms. The van der Waals surface area contributed by atoms with Gasteiger partial charge in [0.25, 0.3) is 0 Å². The minimum atomic E-state index is 0.228. The van der Waals surface area contributed by atoms with Crippen molar-refractivity contribution in [2.75, 3.05) is 6.61 Å². The average molecular weight is 205 g/mol. The van der Waals surface area contributed by atoms with Crippen LogP contribution in [-0.4, -0.2) is 12.6 Å². The van der Waals surface area contributed by atoms with Gasteiger partial charge < -0.3 is 10.5 Å². The summed E-state index contributed by atoms with van der Waals surface area (Å²) in [5.41, 5.74) is 6.33. The van der Waals surface area contributed by atoms with Crippen LogP contribution in [0.4, 0.5) is 0 Å². The molecular formula is C13H19NO. The van der Waals surface area contributed by atoms with Gasteiger partial charge in [-0.2, -0.15) is 0 Å². The molecule has 0 aromatic heterocycles. The summed E-state index contributed by atoms with van der Waals surface area (Å²) < 4.78 is 5.61. The number of ether oxygens (including phenoxy) is 1. The van der Waals surface area contributed by atoms with Gasteiger partial charge in [0.2, 0.25) is 0 Å². The number of hydrogen-bond acceptors (Lipinski definition) is 2. The van der Waals surface area contributed by atoms with Gasteiger partial charge in [-0.15, -0.1) is 0 Å². The van der Waals surface area contributed by atoms with Crippen molar-refractivity contribution < 1.29 is 4.74 Å². The summed E-state index contributed by atoms with van der Waals surface area (Å²) in [5, 5.41) is 0. The first-order valence-electron chi connectivity index (χ1n) is 6.44. The standard InChI is InChI=1S/C13H19NO/c14-13(9-2-1-5-15-9)12-10-7-3-4-8(6-7)11(10)12/h2,7-8,10-13H,1,3-6,14H2. The van der Waals surface area contributed by atoms with Crippen molar-refractivity contribution in [2.24, 2.45) is 35.3 Å². The van der Waals surface area contributed by atoms with Crippen molar-refractivity contribution in [2.45, 2.75) is 31.7 Å². The molecule has 5 unspecified atom stereocenters. The normalized spacial score (nSPS) is 52.3. The van der Waals surface area contributed by atoms with Gasteiger partial charge in [-0.25, -0.2) is 0 Å².